The molecule has 0 saturated carbocycles. The quantitative estimate of drug-likeness (QED) is 0.693. The van der Waals surface area contributed by atoms with Crippen molar-refractivity contribution in [2.24, 2.45) is 0 Å². The molecule has 0 radical (unpaired) electrons. The van der Waals surface area contributed by atoms with Crippen LogP contribution in [0.2, 0.25) is 0 Å². The van der Waals surface area contributed by atoms with E-state index in [1.165, 1.54) is 11.3 Å². The van der Waals surface area contributed by atoms with E-state index in [9.17, 15) is 9.59 Å². The first kappa shape index (κ1) is 15.6. The molecule has 4 nitrogen and oxygen atoms in total. The van der Waals surface area contributed by atoms with E-state index >= 15 is 0 Å². The van der Waals surface area contributed by atoms with Gasteiger partial charge >= 0.3 is 0 Å². The van der Waals surface area contributed by atoms with Crippen LogP contribution in [0.25, 0.3) is 11.0 Å². The number of rotatable bonds is 6. The van der Waals surface area contributed by atoms with Gasteiger partial charge in [0.2, 0.25) is 0 Å². The molecule has 0 amide bonds. The number of hydrogen-bond donors (Lipinski definition) is 1. The second kappa shape index (κ2) is 6.48. The fourth-order valence-corrected chi connectivity index (χ4v) is 3.43. The van der Waals surface area contributed by atoms with Crippen LogP contribution in [0.3, 0.4) is 0 Å². The van der Waals surface area contributed by atoms with Gasteiger partial charge in [-0.15, -0.1) is 11.3 Å². The highest BCUT2D eigenvalue weighted by Crippen LogP contribution is 2.29. The molecule has 1 atom stereocenters. The maximum absolute atomic E-state index is 12.4. The summed E-state index contributed by atoms with van der Waals surface area (Å²) in [5.41, 5.74) is 0.704. The van der Waals surface area contributed by atoms with E-state index < -0.39 is 6.61 Å². The number of ketones is 2. The standard InChI is InChI=1S/C18H16O4S/c1-11(17-6-7-18(23-17)14(21)10-19)8-13(20)16-9-12-4-2-3-5-15(12)22-16/h2-7,9,11,19H,8,10H2,1H3/t11-/m0/s1. The number of furan rings is 1. The van der Waals surface area contributed by atoms with E-state index in [0.29, 0.717) is 22.6 Å². The van der Waals surface area contributed by atoms with Gasteiger partial charge in [-0.05, 0) is 30.2 Å². The van der Waals surface area contributed by atoms with Crippen LogP contribution in [-0.2, 0) is 0 Å². The Morgan fingerprint density at radius 3 is 2.70 bits per heavy atom. The molecule has 23 heavy (non-hydrogen) atoms. The van der Waals surface area contributed by atoms with Crippen molar-refractivity contribution in [2.75, 3.05) is 6.61 Å². The molecule has 0 aliphatic carbocycles. The van der Waals surface area contributed by atoms with Crippen molar-refractivity contribution in [1.82, 2.24) is 0 Å². The van der Waals surface area contributed by atoms with Crippen LogP contribution in [0, 0.1) is 0 Å². The average molecular weight is 328 g/mol. The molecule has 1 aromatic carbocycles. The molecule has 0 aliphatic heterocycles. The Hall–Kier alpha value is -2.24. The molecule has 3 aromatic rings. The Kier molecular flexibility index (Phi) is 4.41. The Morgan fingerprint density at radius 1 is 1.17 bits per heavy atom. The van der Waals surface area contributed by atoms with Crippen LogP contribution in [0.15, 0.2) is 46.9 Å². The molecular formula is C18H16O4S. The lowest BCUT2D eigenvalue weighted by molar-refractivity contribution is 0.0907. The number of hydrogen-bond acceptors (Lipinski definition) is 5. The monoisotopic (exact) mass is 328 g/mol. The van der Waals surface area contributed by atoms with E-state index in [1.54, 1.807) is 12.1 Å². The number of carbonyl (C=O) groups is 2. The first-order chi connectivity index (χ1) is 11.1. The molecule has 0 aliphatic rings. The van der Waals surface area contributed by atoms with Gasteiger partial charge in [0.25, 0.3) is 0 Å². The van der Waals surface area contributed by atoms with Gasteiger partial charge in [0.1, 0.15) is 12.2 Å². The van der Waals surface area contributed by atoms with Gasteiger partial charge in [0, 0.05) is 16.7 Å². The number of aliphatic hydroxyl groups is 1. The summed E-state index contributed by atoms with van der Waals surface area (Å²) in [6.45, 7) is 1.45. The van der Waals surface area contributed by atoms with Crippen LogP contribution in [0.5, 0.6) is 0 Å². The van der Waals surface area contributed by atoms with Gasteiger partial charge in [0.15, 0.2) is 17.3 Å². The maximum atomic E-state index is 12.4. The molecular weight excluding hydrogens is 312 g/mol. The fraction of sp³-hybridized carbons (Fsp3) is 0.222. The van der Waals surface area contributed by atoms with Crippen LogP contribution < -0.4 is 0 Å². The molecule has 0 bridgehead atoms. The predicted octanol–water partition coefficient (Wildman–Crippen LogP) is 4.05. The summed E-state index contributed by atoms with van der Waals surface area (Å²) in [6.07, 6.45) is 0.313. The van der Waals surface area contributed by atoms with Crippen molar-refractivity contribution in [2.45, 2.75) is 19.3 Å². The van der Waals surface area contributed by atoms with Crippen molar-refractivity contribution in [3.8, 4) is 0 Å². The lowest BCUT2D eigenvalue weighted by Crippen LogP contribution is -2.03. The number of benzene rings is 1. The molecule has 2 aromatic heterocycles. The Labute approximate surface area is 137 Å². The summed E-state index contributed by atoms with van der Waals surface area (Å²) >= 11 is 1.32. The molecule has 1 N–H and O–H groups in total. The highest BCUT2D eigenvalue weighted by atomic mass is 32.1. The number of thiophene rings is 1. The molecule has 2 heterocycles. The Balaban J connectivity index is 1.74. The zero-order valence-electron chi connectivity index (χ0n) is 12.6. The summed E-state index contributed by atoms with van der Waals surface area (Å²) in [7, 11) is 0. The number of para-hydroxylation sites is 1. The topological polar surface area (TPSA) is 67.5 Å². The third kappa shape index (κ3) is 3.25. The minimum atomic E-state index is -0.494. The van der Waals surface area contributed by atoms with E-state index in [4.69, 9.17) is 9.52 Å². The number of aliphatic hydroxyl groups excluding tert-OH is 1. The zero-order valence-corrected chi connectivity index (χ0v) is 13.4. The molecule has 0 saturated heterocycles. The molecule has 0 spiro atoms. The van der Waals surface area contributed by atoms with Crippen LogP contribution in [0.4, 0.5) is 0 Å². The van der Waals surface area contributed by atoms with Crippen molar-refractivity contribution in [1.29, 1.82) is 0 Å². The minimum Gasteiger partial charge on any atom is -0.453 e. The lowest BCUT2D eigenvalue weighted by Gasteiger charge is -2.06. The number of Topliss-reactive ketones (excluding diaryl/α,β-unsaturated/α-hetero) is 2. The van der Waals surface area contributed by atoms with Crippen molar-refractivity contribution in [3.63, 3.8) is 0 Å². The van der Waals surface area contributed by atoms with Gasteiger partial charge in [-0.25, -0.2) is 0 Å². The van der Waals surface area contributed by atoms with Crippen molar-refractivity contribution in [3.05, 3.63) is 58.0 Å². The second-order valence-electron chi connectivity index (χ2n) is 5.46. The van der Waals surface area contributed by atoms with Gasteiger partial charge in [-0.3, -0.25) is 9.59 Å². The largest absolute Gasteiger partial charge is 0.453 e. The fourth-order valence-electron chi connectivity index (χ4n) is 2.44. The highest BCUT2D eigenvalue weighted by molar-refractivity contribution is 7.14. The molecule has 0 fully saturated rings. The Morgan fingerprint density at radius 2 is 1.96 bits per heavy atom. The number of carbonyl (C=O) groups excluding carboxylic acids is 2. The lowest BCUT2D eigenvalue weighted by atomic mass is 10.0. The summed E-state index contributed by atoms with van der Waals surface area (Å²) < 4.78 is 5.59. The normalized spacial score (nSPS) is 12.4. The Bertz CT molecular complexity index is 826. The van der Waals surface area contributed by atoms with Gasteiger partial charge < -0.3 is 9.52 Å². The van der Waals surface area contributed by atoms with Gasteiger partial charge in [-0.1, -0.05) is 25.1 Å². The predicted molar refractivity (Wildman–Crippen MR) is 89.3 cm³/mol. The van der Waals surface area contributed by atoms with Crippen molar-refractivity contribution >= 4 is 33.9 Å². The molecule has 5 heteroatoms. The molecule has 118 valence electrons. The zero-order chi connectivity index (χ0) is 16.4. The van der Waals surface area contributed by atoms with Crippen LogP contribution in [-0.4, -0.2) is 23.3 Å². The number of fused-ring (bicyclic) bond motifs is 1. The van der Waals surface area contributed by atoms with E-state index in [-0.39, 0.29) is 17.5 Å². The van der Waals surface area contributed by atoms with Crippen LogP contribution >= 0.6 is 11.3 Å². The summed E-state index contributed by atoms with van der Waals surface area (Å²) in [6, 6.07) is 12.8. The van der Waals surface area contributed by atoms with Crippen LogP contribution in [0.1, 0.15) is 44.4 Å². The first-order valence-electron chi connectivity index (χ1n) is 7.34. The van der Waals surface area contributed by atoms with E-state index in [2.05, 4.69) is 0 Å². The third-order valence-corrected chi connectivity index (χ3v) is 5.08. The van der Waals surface area contributed by atoms with E-state index in [0.717, 1.165) is 10.3 Å². The van der Waals surface area contributed by atoms with E-state index in [1.807, 2.05) is 37.3 Å². The molecule has 0 unspecified atom stereocenters. The van der Waals surface area contributed by atoms with Crippen molar-refractivity contribution < 1.29 is 19.1 Å². The minimum absolute atomic E-state index is 0.0130. The van der Waals surface area contributed by atoms with Gasteiger partial charge in [-0.2, -0.15) is 0 Å². The second-order valence-corrected chi connectivity index (χ2v) is 6.58. The SMILES string of the molecule is C[C@@H](CC(=O)c1cc2ccccc2o1)c1ccc(C(=O)CO)s1. The summed E-state index contributed by atoms with van der Waals surface area (Å²) in [5.74, 6) is -0.00332. The average Bonchev–Trinajstić information content (AvgIpc) is 3.20. The van der Waals surface area contributed by atoms with Gasteiger partial charge in [0.05, 0.1) is 4.88 Å². The smallest absolute Gasteiger partial charge is 0.198 e. The maximum Gasteiger partial charge on any atom is 0.198 e. The summed E-state index contributed by atoms with van der Waals surface area (Å²) in [4.78, 5) is 25.3. The highest BCUT2D eigenvalue weighted by Gasteiger charge is 2.19. The molecule has 3 rings (SSSR count). The third-order valence-electron chi connectivity index (χ3n) is 3.72. The first-order valence-corrected chi connectivity index (χ1v) is 8.15. The summed E-state index contributed by atoms with van der Waals surface area (Å²) in [5, 5.41) is 9.80.